The minimum absolute atomic E-state index is 0.0320. The molecule has 1 unspecified atom stereocenters. The maximum absolute atomic E-state index is 12.3. The van der Waals surface area contributed by atoms with Crippen molar-refractivity contribution in [3.05, 3.63) is 30.5 Å². The van der Waals surface area contributed by atoms with Crippen molar-refractivity contribution in [3.8, 4) is 0 Å². The number of nitrogens with zero attached hydrogens (tertiary/aromatic N) is 1. The number of hydrogen-bond donors (Lipinski definition) is 3. The van der Waals surface area contributed by atoms with E-state index in [4.69, 9.17) is 0 Å². The van der Waals surface area contributed by atoms with Crippen molar-refractivity contribution in [1.29, 1.82) is 0 Å². The van der Waals surface area contributed by atoms with Crippen LogP contribution < -0.4 is 10.6 Å². The van der Waals surface area contributed by atoms with Crippen LogP contribution in [0.25, 0.3) is 10.9 Å². The van der Waals surface area contributed by atoms with Crippen LogP contribution in [-0.2, 0) is 0 Å². The van der Waals surface area contributed by atoms with Crippen molar-refractivity contribution in [2.45, 2.75) is 13.0 Å². The topological polar surface area (TPSA) is 60.2 Å². The fourth-order valence-corrected chi connectivity index (χ4v) is 2.50. The maximum atomic E-state index is 12.3. The van der Waals surface area contributed by atoms with Crippen molar-refractivity contribution in [3.63, 3.8) is 0 Å². The minimum Gasteiger partial charge on any atom is -0.359 e. The van der Waals surface area contributed by atoms with Crippen LogP contribution in [0.3, 0.4) is 0 Å². The Balaban J connectivity index is 1.77. The largest absolute Gasteiger partial charge is 0.359 e. The van der Waals surface area contributed by atoms with Crippen molar-refractivity contribution in [2.24, 2.45) is 0 Å². The minimum atomic E-state index is -0.0320. The Morgan fingerprint density at radius 3 is 3.16 bits per heavy atom. The molecule has 5 nitrogen and oxygen atoms in total. The molecule has 0 radical (unpaired) electrons. The molecule has 0 aliphatic carbocycles. The average molecular weight is 258 g/mol. The molecule has 1 saturated heterocycles. The zero-order valence-corrected chi connectivity index (χ0v) is 10.9. The number of amides is 2. The van der Waals surface area contributed by atoms with E-state index in [1.54, 1.807) is 0 Å². The number of piperazine rings is 1. The Kier molecular flexibility index (Phi) is 3.13. The van der Waals surface area contributed by atoms with Gasteiger partial charge in [-0.3, -0.25) is 0 Å². The molecule has 2 heterocycles. The second kappa shape index (κ2) is 4.93. The number of rotatable bonds is 1. The first-order chi connectivity index (χ1) is 9.24. The summed E-state index contributed by atoms with van der Waals surface area (Å²) in [7, 11) is 0. The van der Waals surface area contributed by atoms with Crippen LogP contribution in [0.2, 0.25) is 0 Å². The van der Waals surface area contributed by atoms with Crippen LogP contribution in [0.15, 0.2) is 30.5 Å². The van der Waals surface area contributed by atoms with E-state index in [2.05, 4.69) is 22.5 Å². The van der Waals surface area contributed by atoms with Gasteiger partial charge in [0, 0.05) is 37.3 Å². The molecule has 0 bridgehead atoms. The lowest BCUT2D eigenvalue weighted by atomic mass is 10.2. The molecule has 1 aromatic heterocycles. The summed E-state index contributed by atoms with van der Waals surface area (Å²) in [6, 6.07) is 8.21. The average Bonchev–Trinajstić information content (AvgIpc) is 2.88. The number of carbonyl (C=O) groups excluding carboxylic acids is 1. The first kappa shape index (κ1) is 12.0. The van der Waals surface area contributed by atoms with E-state index in [-0.39, 0.29) is 6.03 Å². The van der Waals surface area contributed by atoms with E-state index in [0.29, 0.717) is 6.04 Å². The summed E-state index contributed by atoms with van der Waals surface area (Å²) in [4.78, 5) is 17.3. The smallest absolute Gasteiger partial charge is 0.322 e. The lowest BCUT2D eigenvalue weighted by Crippen LogP contribution is -2.52. The van der Waals surface area contributed by atoms with Gasteiger partial charge in [-0.05, 0) is 19.1 Å². The summed E-state index contributed by atoms with van der Waals surface area (Å²) < 4.78 is 0. The summed E-state index contributed by atoms with van der Waals surface area (Å²) in [5.41, 5.74) is 1.80. The molecule has 5 heteroatoms. The van der Waals surface area contributed by atoms with Gasteiger partial charge in [0.25, 0.3) is 0 Å². The van der Waals surface area contributed by atoms with Crippen molar-refractivity contribution in [1.82, 2.24) is 15.2 Å². The number of carbonyl (C=O) groups is 1. The predicted molar refractivity (Wildman–Crippen MR) is 76.4 cm³/mol. The van der Waals surface area contributed by atoms with E-state index < -0.39 is 0 Å². The summed E-state index contributed by atoms with van der Waals surface area (Å²) in [5, 5.41) is 7.42. The molecule has 3 N–H and O–H groups in total. The van der Waals surface area contributed by atoms with Gasteiger partial charge in [0.05, 0.1) is 11.2 Å². The summed E-state index contributed by atoms with van der Waals surface area (Å²) in [6.07, 6.45) is 1.88. The Hall–Kier alpha value is -2.01. The SMILES string of the molecule is CC1CN(C(=O)Nc2cccc3cc[nH]c23)CCN1. The lowest BCUT2D eigenvalue weighted by molar-refractivity contribution is 0.192. The van der Waals surface area contributed by atoms with Gasteiger partial charge in [0.15, 0.2) is 0 Å². The molecule has 3 rings (SSSR count). The Morgan fingerprint density at radius 1 is 1.42 bits per heavy atom. The van der Waals surface area contributed by atoms with Crippen molar-refractivity contribution < 1.29 is 4.79 Å². The third-order valence-electron chi connectivity index (χ3n) is 3.48. The van der Waals surface area contributed by atoms with Crippen LogP contribution in [0, 0.1) is 0 Å². The molecule has 1 aliphatic heterocycles. The molecule has 19 heavy (non-hydrogen) atoms. The van der Waals surface area contributed by atoms with Crippen LogP contribution in [-0.4, -0.2) is 41.6 Å². The number of benzene rings is 1. The number of H-pyrrole nitrogens is 1. The molecule has 1 aliphatic rings. The number of hydrogen-bond acceptors (Lipinski definition) is 2. The molecule has 1 aromatic carbocycles. The van der Waals surface area contributed by atoms with Crippen LogP contribution in [0.5, 0.6) is 0 Å². The lowest BCUT2D eigenvalue weighted by Gasteiger charge is -2.31. The number of aromatic amines is 1. The molecule has 1 fully saturated rings. The maximum Gasteiger partial charge on any atom is 0.322 e. The molecule has 100 valence electrons. The third-order valence-corrected chi connectivity index (χ3v) is 3.48. The predicted octanol–water partition coefficient (Wildman–Crippen LogP) is 1.99. The molecular formula is C14H18N4O. The number of fused-ring (bicyclic) bond motifs is 1. The number of urea groups is 1. The first-order valence-corrected chi connectivity index (χ1v) is 6.59. The molecule has 2 amide bonds. The summed E-state index contributed by atoms with van der Waals surface area (Å²) in [5.74, 6) is 0. The fourth-order valence-electron chi connectivity index (χ4n) is 2.50. The van der Waals surface area contributed by atoms with Gasteiger partial charge < -0.3 is 20.5 Å². The second-order valence-electron chi connectivity index (χ2n) is 4.98. The highest BCUT2D eigenvalue weighted by Crippen LogP contribution is 2.21. The van der Waals surface area contributed by atoms with Crippen molar-refractivity contribution >= 4 is 22.6 Å². The summed E-state index contributed by atoms with van der Waals surface area (Å²) >= 11 is 0. The van der Waals surface area contributed by atoms with E-state index in [9.17, 15) is 4.79 Å². The number of aromatic nitrogens is 1. The molecule has 0 spiro atoms. The number of nitrogens with one attached hydrogen (secondary N) is 3. The van der Waals surface area contributed by atoms with Crippen molar-refractivity contribution in [2.75, 3.05) is 25.0 Å². The van der Waals surface area contributed by atoms with Gasteiger partial charge >= 0.3 is 6.03 Å². The van der Waals surface area contributed by atoms with E-state index in [1.807, 2.05) is 35.4 Å². The molecular weight excluding hydrogens is 240 g/mol. The second-order valence-corrected chi connectivity index (χ2v) is 4.98. The zero-order chi connectivity index (χ0) is 13.2. The highest BCUT2D eigenvalue weighted by atomic mass is 16.2. The number of para-hydroxylation sites is 1. The van der Waals surface area contributed by atoms with Crippen LogP contribution in [0.4, 0.5) is 10.5 Å². The van der Waals surface area contributed by atoms with Gasteiger partial charge in [0.2, 0.25) is 0 Å². The molecule has 2 aromatic rings. The highest BCUT2D eigenvalue weighted by molar-refractivity contribution is 5.99. The van der Waals surface area contributed by atoms with Crippen LogP contribution >= 0.6 is 0 Å². The van der Waals surface area contributed by atoms with E-state index >= 15 is 0 Å². The monoisotopic (exact) mass is 258 g/mol. The number of anilines is 1. The van der Waals surface area contributed by atoms with Gasteiger partial charge in [0.1, 0.15) is 0 Å². The highest BCUT2D eigenvalue weighted by Gasteiger charge is 2.20. The molecule has 0 saturated carbocycles. The van der Waals surface area contributed by atoms with E-state index in [0.717, 1.165) is 36.2 Å². The standard InChI is InChI=1S/C14H18N4O/c1-10-9-18(8-7-15-10)14(19)17-12-4-2-3-11-5-6-16-13(11)12/h2-6,10,15-16H,7-9H2,1H3,(H,17,19). The van der Waals surface area contributed by atoms with Gasteiger partial charge in [-0.15, -0.1) is 0 Å². The van der Waals surface area contributed by atoms with Crippen LogP contribution in [0.1, 0.15) is 6.92 Å². The fraction of sp³-hybridized carbons (Fsp3) is 0.357. The van der Waals surface area contributed by atoms with Gasteiger partial charge in [-0.1, -0.05) is 12.1 Å². The Labute approximate surface area is 112 Å². The quantitative estimate of drug-likeness (QED) is 0.732. The Bertz CT molecular complexity index is 592. The molecule has 1 atom stereocenters. The Morgan fingerprint density at radius 2 is 2.32 bits per heavy atom. The normalized spacial score (nSPS) is 19.6. The zero-order valence-electron chi connectivity index (χ0n) is 10.9. The summed E-state index contributed by atoms with van der Waals surface area (Å²) in [6.45, 7) is 4.43. The van der Waals surface area contributed by atoms with Gasteiger partial charge in [-0.2, -0.15) is 0 Å². The van der Waals surface area contributed by atoms with E-state index in [1.165, 1.54) is 0 Å². The van der Waals surface area contributed by atoms with Gasteiger partial charge in [-0.25, -0.2) is 4.79 Å². The first-order valence-electron chi connectivity index (χ1n) is 6.59. The third kappa shape index (κ3) is 2.42.